The number of rotatable bonds is 6. The van der Waals surface area contributed by atoms with E-state index in [1.54, 1.807) is 42.6 Å². The van der Waals surface area contributed by atoms with Gasteiger partial charge in [0.05, 0.1) is 21.1 Å². The van der Waals surface area contributed by atoms with Crippen LogP contribution in [0.25, 0.3) is 11.1 Å². The standard InChI is InChI=1S/C25H17ClN4O4/c26-23-12-11-21(30(33)34)14-22(23)25(32)29-20-9-5-17(6-10-20)16-3-7-19(8-4-16)28-24(31)18-2-1-13-27-15-18/h1-15H,(H,28,31)(H,29,32). The quantitative estimate of drug-likeness (QED) is 0.271. The molecule has 4 aromatic rings. The Morgan fingerprint density at radius 1 is 0.824 bits per heavy atom. The zero-order valence-electron chi connectivity index (χ0n) is 17.6. The molecule has 0 bridgehead atoms. The van der Waals surface area contributed by atoms with Gasteiger partial charge in [0.15, 0.2) is 0 Å². The second kappa shape index (κ2) is 9.93. The largest absolute Gasteiger partial charge is 0.322 e. The summed E-state index contributed by atoms with van der Waals surface area (Å²) in [5.41, 5.74) is 3.24. The van der Waals surface area contributed by atoms with Gasteiger partial charge in [-0.05, 0) is 53.6 Å². The van der Waals surface area contributed by atoms with Crippen LogP contribution < -0.4 is 10.6 Å². The average Bonchev–Trinajstić information content (AvgIpc) is 2.85. The minimum Gasteiger partial charge on any atom is -0.322 e. The fourth-order valence-corrected chi connectivity index (χ4v) is 3.39. The van der Waals surface area contributed by atoms with E-state index in [4.69, 9.17) is 11.6 Å². The van der Waals surface area contributed by atoms with Crippen molar-refractivity contribution in [2.24, 2.45) is 0 Å². The predicted octanol–water partition coefficient (Wildman–Crippen LogP) is 5.81. The van der Waals surface area contributed by atoms with E-state index in [1.165, 1.54) is 18.3 Å². The van der Waals surface area contributed by atoms with Gasteiger partial charge >= 0.3 is 0 Å². The van der Waals surface area contributed by atoms with Crippen molar-refractivity contribution in [3.63, 3.8) is 0 Å². The van der Waals surface area contributed by atoms with E-state index in [0.29, 0.717) is 16.9 Å². The first-order valence-corrected chi connectivity index (χ1v) is 10.5. The fourth-order valence-electron chi connectivity index (χ4n) is 3.19. The molecular weight excluding hydrogens is 456 g/mol. The van der Waals surface area contributed by atoms with E-state index >= 15 is 0 Å². The number of aromatic nitrogens is 1. The summed E-state index contributed by atoms with van der Waals surface area (Å²) in [6.07, 6.45) is 3.10. The maximum Gasteiger partial charge on any atom is 0.270 e. The molecule has 0 fully saturated rings. The normalized spacial score (nSPS) is 10.4. The number of hydrogen-bond donors (Lipinski definition) is 2. The third-order valence-electron chi connectivity index (χ3n) is 4.95. The van der Waals surface area contributed by atoms with Crippen molar-refractivity contribution < 1.29 is 14.5 Å². The van der Waals surface area contributed by atoms with Crippen LogP contribution in [0.15, 0.2) is 91.3 Å². The summed E-state index contributed by atoms with van der Waals surface area (Å²) in [5, 5.41) is 16.6. The van der Waals surface area contributed by atoms with Crippen molar-refractivity contribution >= 4 is 40.5 Å². The number of hydrogen-bond acceptors (Lipinski definition) is 5. The summed E-state index contributed by atoms with van der Waals surface area (Å²) in [6, 6.07) is 21.5. The Morgan fingerprint density at radius 2 is 1.41 bits per heavy atom. The SMILES string of the molecule is O=C(Nc1ccc(-c2ccc(NC(=O)c3cc([N+](=O)[O-])ccc3Cl)cc2)cc1)c1cccnc1. The zero-order valence-corrected chi connectivity index (χ0v) is 18.3. The molecule has 34 heavy (non-hydrogen) atoms. The highest BCUT2D eigenvalue weighted by molar-refractivity contribution is 6.34. The molecule has 0 spiro atoms. The number of pyridine rings is 1. The maximum atomic E-state index is 12.5. The number of nitrogens with zero attached hydrogens (tertiary/aromatic N) is 2. The molecule has 3 aromatic carbocycles. The number of anilines is 2. The molecule has 0 aliphatic heterocycles. The van der Waals surface area contributed by atoms with Crippen LogP contribution in [0.2, 0.25) is 5.02 Å². The highest BCUT2D eigenvalue weighted by Gasteiger charge is 2.16. The Labute approximate surface area is 199 Å². The number of benzene rings is 3. The molecule has 8 nitrogen and oxygen atoms in total. The number of carbonyl (C=O) groups excluding carboxylic acids is 2. The van der Waals surface area contributed by atoms with Crippen LogP contribution in [0.3, 0.4) is 0 Å². The summed E-state index contributed by atoms with van der Waals surface area (Å²) in [7, 11) is 0. The van der Waals surface area contributed by atoms with Crippen molar-refractivity contribution in [2.75, 3.05) is 10.6 Å². The summed E-state index contributed by atoms with van der Waals surface area (Å²) in [5.74, 6) is -0.792. The minimum atomic E-state index is -0.586. The number of nitrogens with one attached hydrogen (secondary N) is 2. The lowest BCUT2D eigenvalue weighted by atomic mass is 10.0. The molecule has 4 rings (SSSR count). The zero-order chi connectivity index (χ0) is 24.1. The van der Waals surface area contributed by atoms with Gasteiger partial charge < -0.3 is 10.6 Å². The van der Waals surface area contributed by atoms with Crippen molar-refractivity contribution in [1.82, 2.24) is 4.98 Å². The van der Waals surface area contributed by atoms with Gasteiger partial charge in [-0.15, -0.1) is 0 Å². The smallest absolute Gasteiger partial charge is 0.270 e. The summed E-state index contributed by atoms with van der Waals surface area (Å²) in [6.45, 7) is 0. The van der Waals surface area contributed by atoms with Crippen LogP contribution in [0.4, 0.5) is 17.1 Å². The number of nitro benzene ring substituents is 1. The van der Waals surface area contributed by atoms with Crippen LogP contribution in [0.5, 0.6) is 0 Å². The molecule has 0 atom stereocenters. The molecule has 0 unspecified atom stereocenters. The monoisotopic (exact) mass is 472 g/mol. The van der Waals surface area contributed by atoms with Crippen molar-refractivity contribution in [3.8, 4) is 11.1 Å². The molecule has 0 saturated heterocycles. The Hall–Kier alpha value is -4.56. The summed E-state index contributed by atoms with van der Waals surface area (Å²) in [4.78, 5) is 39.1. The summed E-state index contributed by atoms with van der Waals surface area (Å²) >= 11 is 6.03. The van der Waals surface area contributed by atoms with E-state index < -0.39 is 10.8 Å². The summed E-state index contributed by atoms with van der Waals surface area (Å²) < 4.78 is 0. The van der Waals surface area contributed by atoms with Gasteiger partial charge in [0, 0.05) is 35.9 Å². The van der Waals surface area contributed by atoms with Crippen LogP contribution in [-0.4, -0.2) is 21.7 Å². The van der Waals surface area contributed by atoms with Gasteiger partial charge in [-0.3, -0.25) is 24.7 Å². The Balaban J connectivity index is 1.42. The molecule has 1 aromatic heterocycles. The van der Waals surface area contributed by atoms with Gasteiger partial charge in [0.2, 0.25) is 0 Å². The first-order chi connectivity index (χ1) is 16.4. The maximum absolute atomic E-state index is 12.5. The molecule has 168 valence electrons. The molecule has 0 saturated carbocycles. The molecule has 1 heterocycles. The lowest BCUT2D eigenvalue weighted by Crippen LogP contribution is -2.12. The van der Waals surface area contributed by atoms with Crippen molar-refractivity contribution in [3.05, 3.63) is 118 Å². The second-order valence-electron chi connectivity index (χ2n) is 7.23. The van der Waals surface area contributed by atoms with E-state index in [1.807, 2.05) is 24.3 Å². The third-order valence-corrected chi connectivity index (χ3v) is 5.28. The van der Waals surface area contributed by atoms with Crippen LogP contribution in [0.1, 0.15) is 20.7 Å². The van der Waals surface area contributed by atoms with E-state index in [-0.39, 0.29) is 22.2 Å². The van der Waals surface area contributed by atoms with Gasteiger partial charge in [0.25, 0.3) is 17.5 Å². The van der Waals surface area contributed by atoms with Gasteiger partial charge in [0.1, 0.15) is 0 Å². The molecule has 0 aliphatic rings. The highest BCUT2D eigenvalue weighted by Crippen LogP contribution is 2.26. The van der Waals surface area contributed by atoms with Gasteiger partial charge in [-0.1, -0.05) is 35.9 Å². The van der Waals surface area contributed by atoms with E-state index in [0.717, 1.165) is 17.2 Å². The molecule has 0 aliphatic carbocycles. The van der Waals surface area contributed by atoms with Crippen LogP contribution in [-0.2, 0) is 0 Å². The lowest BCUT2D eigenvalue weighted by Gasteiger charge is -2.09. The fraction of sp³-hybridized carbons (Fsp3) is 0. The topological polar surface area (TPSA) is 114 Å². The van der Waals surface area contributed by atoms with E-state index in [9.17, 15) is 19.7 Å². The number of amides is 2. The van der Waals surface area contributed by atoms with E-state index in [2.05, 4.69) is 15.6 Å². The number of nitro groups is 1. The average molecular weight is 473 g/mol. The van der Waals surface area contributed by atoms with Crippen LogP contribution >= 0.6 is 11.6 Å². The van der Waals surface area contributed by atoms with Gasteiger partial charge in [-0.2, -0.15) is 0 Å². The molecular formula is C25H17ClN4O4. The minimum absolute atomic E-state index is 0.0175. The number of carbonyl (C=O) groups is 2. The molecule has 2 amide bonds. The molecule has 9 heteroatoms. The highest BCUT2D eigenvalue weighted by atomic mass is 35.5. The lowest BCUT2D eigenvalue weighted by molar-refractivity contribution is -0.384. The van der Waals surface area contributed by atoms with Gasteiger partial charge in [-0.25, -0.2) is 0 Å². The Kier molecular flexibility index (Phi) is 6.61. The molecule has 0 radical (unpaired) electrons. The Morgan fingerprint density at radius 3 is 1.94 bits per heavy atom. The number of non-ortho nitro benzene ring substituents is 1. The second-order valence-corrected chi connectivity index (χ2v) is 7.63. The Bertz CT molecular complexity index is 1360. The first-order valence-electron chi connectivity index (χ1n) is 10.1. The number of halogens is 1. The van der Waals surface area contributed by atoms with Crippen molar-refractivity contribution in [2.45, 2.75) is 0 Å². The van der Waals surface area contributed by atoms with Crippen LogP contribution in [0, 0.1) is 10.1 Å². The third kappa shape index (κ3) is 5.25. The predicted molar refractivity (Wildman–Crippen MR) is 130 cm³/mol. The molecule has 2 N–H and O–H groups in total. The first kappa shape index (κ1) is 22.6. The van der Waals surface area contributed by atoms with Crippen molar-refractivity contribution in [1.29, 1.82) is 0 Å².